The Morgan fingerprint density at radius 1 is 1.60 bits per heavy atom. The maximum Gasteiger partial charge on any atom is 0.0321 e. The van der Waals surface area contributed by atoms with Crippen LogP contribution in [0.5, 0.6) is 0 Å². The Hall–Kier alpha value is -0.280. The van der Waals surface area contributed by atoms with Crippen LogP contribution in [0.25, 0.3) is 0 Å². The molecule has 0 fully saturated rings. The van der Waals surface area contributed by atoms with Gasteiger partial charge in [0.1, 0.15) is 0 Å². The molecular formula is C7H9NS2. The van der Waals surface area contributed by atoms with Crippen molar-refractivity contribution >= 4 is 23.9 Å². The summed E-state index contributed by atoms with van der Waals surface area (Å²) >= 11 is 3.42. The summed E-state index contributed by atoms with van der Waals surface area (Å²) in [5.41, 5.74) is 0. The molecule has 0 aromatic carbocycles. The highest BCUT2D eigenvalue weighted by Crippen LogP contribution is 2.25. The Bertz CT molecular complexity index is 163. The average molecular weight is 171 g/mol. The topological polar surface area (TPSA) is 3.24 Å². The molecule has 0 spiro atoms. The first-order valence-corrected chi connectivity index (χ1v) is 4.74. The lowest BCUT2D eigenvalue weighted by molar-refractivity contribution is 1.05. The number of allylic oxidation sites excluding steroid dienone is 2. The van der Waals surface area contributed by atoms with Gasteiger partial charge in [0, 0.05) is 12.0 Å². The molecule has 1 heterocycles. The molecule has 1 aliphatic heterocycles. The summed E-state index contributed by atoms with van der Waals surface area (Å²) < 4.78 is 2.10. The van der Waals surface area contributed by atoms with Crippen LogP contribution in [0.2, 0.25) is 0 Å². The lowest BCUT2D eigenvalue weighted by Gasteiger charge is -2.15. The molecule has 0 radical (unpaired) electrons. The standard InChI is InChI=1S/C7H9NS2/c1-2-6-9-8-5-3-4-7-10-8/h2-5,7H,1,6H2. The first kappa shape index (κ1) is 7.82. The van der Waals surface area contributed by atoms with Gasteiger partial charge in [-0.05, 0) is 35.4 Å². The Morgan fingerprint density at radius 2 is 2.50 bits per heavy atom. The van der Waals surface area contributed by atoms with E-state index < -0.39 is 0 Å². The first-order chi connectivity index (χ1) is 4.93. The van der Waals surface area contributed by atoms with Crippen molar-refractivity contribution in [2.45, 2.75) is 0 Å². The van der Waals surface area contributed by atoms with E-state index in [0.717, 1.165) is 5.75 Å². The third-order valence-electron chi connectivity index (χ3n) is 0.882. The van der Waals surface area contributed by atoms with Gasteiger partial charge >= 0.3 is 0 Å². The molecule has 0 unspecified atom stereocenters. The summed E-state index contributed by atoms with van der Waals surface area (Å²) in [7, 11) is 0. The average Bonchev–Trinajstić information content (AvgIpc) is 2.03. The smallest absolute Gasteiger partial charge is 0.0321 e. The minimum atomic E-state index is 0.963. The Balaban J connectivity index is 2.23. The van der Waals surface area contributed by atoms with E-state index in [-0.39, 0.29) is 0 Å². The second-order valence-electron chi connectivity index (χ2n) is 1.65. The molecule has 0 aliphatic carbocycles. The molecule has 0 bridgehead atoms. The van der Waals surface area contributed by atoms with Crippen LogP contribution in [0.4, 0.5) is 0 Å². The summed E-state index contributed by atoms with van der Waals surface area (Å²) in [4.78, 5) is 0. The van der Waals surface area contributed by atoms with E-state index in [9.17, 15) is 0 Å². The predicted molar refractivity (Wildman–Crippen MR) is 50.4 cm³/mol. The monoisotopic (exact) mass is 171 g/mol. The SMILES string of the molecule is C=CCSN1C=CC=CS1. The largest absolute Gasteiger partial charge is 0.261 e. The van der Waals surface area contributed by atoms with Crippen molar-refractivity contribution in [3.05, 3.63) is 36.4 Å². The molecule has 0 N–H and O–H groups in total. The van der Waals surface area contributed by atoms with Gasteiger partial charge in [-0.15, -0.1) is 6.58 Å². The van der Waals surface area contributed by atoms with Gasteiger partial charge in [-0.25, -0.2) is 0 Å². The van der Waals surface area contributed by atoms with Crippen molar-refractivity contribution in [3.63, 3.8) is 0 Å². The van der Waals surface area contributed by atoms with Crippen molar-refractivity contribution in [1.82, 2.24) is 3.71 Å². The van der Waals surface area contributed by atoms with Crippen LogP contribution in [0, 0.1) is 0 Å². The van der Waals surface area contributed by atoms with Crippen molar-refractivity contribution < 1.29 is 0 Å². The second kappa shape index (κ2) is 4.52. The van der Waals surface area contributed by atoms with E-state index in [1.807, 2.05) is 24.4 Å². The lowest BCUT2D eigenvalue weighted by Crippen LogP contribution is -1.96. The summed E-state index contributed by atoms with van der Waals surface area (Å²) in [6.07, 6.45) is 7.98. The molecule has 10 heavy (non-hydrogen) atoms. The molecule has 0 atom stereocenters. The van der Waals surface area contributed by atoms with Crippen molar-refractivity contribution in [1.29, 1.82) is 0 Å². The van der Waals surface area contributed by atoms with Crippen LogP contribution in [0.15, 0.2) is 36.4 Å². The predicted octanol–water partition coefficient (Wildman–Crippen LogP) is 2.81. The minimum absolute atomic E-state index is 0.963. The van der Waals surface area contributed by atoms with Crippen molar-refractivity contribution in [2.24, 2.45) is 0 Å². The fraction of sp³-hybridized carbons (Fsp3) is 0.143. The van der Waals surface area contributed by atoms with Gasteiger partial charge in [0.25, 0.3) is 0 Å². The molecule has 1 rings (SSSR count). The number of hydrogen-bond acceptors (Lipinski definition) is 3. The third-order valence-corrected chi connectivity index (χ3v) is 2.83. The van der Waals surface area contributed by atoms with E-state index in [0.29, 0.717) is 0 Å². The first-order valence-electron chi connectivity index (χ1n) is 2.96. The van der Waals surface area contributed by atoms with Crippen LogP contribution in [-0.2, 0) is 0 Å². The van der Waals surface area contributed by atoms with Crippen molar-refractivity contribution in [3.8, 4) is 0 Å². The zero-order valence-electron chi connectivity index (χ0n) is 5.56. The molecule has 54 valence electrons. The summed E-state index contributed by atoms with van der Waals surface area (Å²) in [5, 5.41) is 2.05. The molecule has 0 amide bonds. The third kappa shape index (κ3) is 2.54. The van der Waals surface area contributed by atoms with E-state index in [1.165, 1.54) is 0 Å². The van der Waals surface area contributed by atoms with Crippen LogP contribution >= 0.6 is 23.9 Å². The molecule has 0 saturated carbocycles. The van der Waals surface area contributed by atoms with Gasteiger partial charge in [0.2, 0.25) is 0 Å². The molecule has 3 heteroatoms. The molecule has 0 aromatic heterocycles. The highest BCUT2D eigenvalue weighted by atomic mass is 32.2. The van der Waals surface area contributed by atoms with E-state index >= 15 is 0 Å². The van der Waals surface area contributed by atoms with Crippen LogP contribution < -0.4 is 0 Å². The van der Waals surface area contributed by atoms with E-state index in [2.05, 4.69) is 15.7 Å². The van der Waals surface area contributed by atoms with Gasteiger partial charge < -0.3 is 0 Å². The number of nitrogens with zero attached hydrogens (tertiary/aromatic N) is 1. The molecule has 0 aromatic rings. The maximum atomic E-state index is 3.65. The molecule has 1 aliphatic rings. The maximum absolute atomic E-state index is 3.65. The van der Waals surface area contributed by atoms with E-state index in [1.54, 1.807) is 23.9 Å². The summed E-state index contributed by atoms with van der Waals surface area (Å²) in [6.45, 7) is 3.65. The fourth-order valence-electron chi connectivity index (χ4n) is 0.495. The van der Waals surface area contributed by atoms with Gasteiger partial charge in [0.05, 0.1) is 0 Å². The highest BCUT2D eigenvalue weighted by molar-refractivity contribution is 8.13. The minimum Gasteiger partial charge on any atom is -0.261 e. The quantitative estimate of drug-likeness (QED) is 0.475. The zero-order chi connectivity index (χ0) is 7.23. The highest BCUT2D eigenvalue weighted by Gasteiger charge is 1.97. The Kier molecular flexibility index (Phi) is 3.54. The summed E-state index contributed by atoms with van der Waals surface area (Å²) in [5.74, 6) is 0.963. The fourth-order valence-corrected chi connectivity index (χ4v) is 1.90. The zero-order valence-corrected chi connectivity index (χ0v) is 7.20. The van der Waals surface area contributed by atoms with Crippen molar-refractivity contribution in [2.75, 3.05) is 5.75 Å². The molecule has 0 saturated heterocycles. The van der Waals surface area contributed by atoms with Gasteiger partial charge in [-0.1, -0.05) is 12.2 Å². The lowest BCUT2D eigenvalue weighted by atomic mass is 10.6. The van der Waals surface area contributed by atoms with Crippen LogP contribution in [0.3, 0.4) is 0 Å². The van der Waals surface area contributed by atoms with Crippen LogP contribution in [-0.4, -0.2) is 9.46 Å². The summed E-state index contributed by atoms with van der Waals surface area (Å²) in [6, 6.07) is 0. The molecular weight excluding hydrogens is 162 g/mol. The Labute approximate surface area is 70.1 Å². The molecule has 1 nitrogen and oxygen atoms in total. The van der Waals surface area contributed by atoms with Gasteiger partial charge in [-0.2, -0.15) is 0 Å². The number of rotatable bonds is 3. The van der Waals surface area contributed by atoms with E-state index in [4.69, 9.17) is 0 Å². The second-order valence-corrected chi connectivity index (χ2v) is 3.74. The normalized spacial score (nSPS) is 15.8. The Morgan fingerprint density at radius 3 is 3.10 bits per heavy atom. The van der Waals surface area contributed by atoms with Gasteiger partial charge in [0.15, 0.2) is 0 Å². The van der Waals surface area contributed by atoms with Crippen LogP contribution in [0.1, 0.15) is 0 Å². The number of hydrogen-bond donors (Lipinski definition) is 0. The van der Waals surface area contributed by atoms with Gasteiger partial charge in [-0.3, -0.25) is 3.71 Å².